The number of carbonyl (C=O) groups is 3. The van der Waals surface area contributed by atoms with E-state index in [-0.39, 0.29) is 52.2 Å². The van der Waals surface area contributed by atoms with Crippen molar-refractivity contribution >= 4 is 35.6 Å². The van der Waals surface area contributed by atoms with Crippen molar-refractivity contribution in [3.05, 3.63) is 70.2 Å². The molecule has 15 nitrogen and oxygen atoms in total. The standard InChI is InChI=1S/C27H27N9O6/c1-13-7-19(40-4)31-25(28-13)34-22(37)16-10-17(23(38)35-26-29-14(2)8-20(32-26)41-5)12-18(11-16)24(39)36-27-30-15(3)9-21(33-27)42-6/h7-12H,1-6H3,(H,28,31,34,37)(H,29,32,35,38)(H,30,33,36,39). The molecule has 216 valence electrons. The van der Waals surface area contributed by atoms with E-state index in [9.17, 15) is 14.4 Å². The highest BCUT2D eigenvalue weighted by atomic mass is 16.5. The summed E-state index contributed by atoms with van der Waals surface area (Å²) in [6.45, 7) is 5.12. The van der Waals surface area contributed by atoms with Crippen molar-refractivity contribution in [2.24, 2.45) is 0 Å². The van der Waals surface area contributed by atoms with Crippen molar-refractivity contribution in [1.29, 1.82) is 0 Å². The zero-order valence-electron chi connectivity index (χ0n) is 23.6. The van der Waals surface area contributed by atoms with Crippen molar-refractivity contribution in [2.45, 2.75) is 20.8 Å². The quantitative estimate of drug-likeness (QED) is 0.266. The van der Waals surface area contributed by atoms with Gasteiger partial charge in [-0.15, -0.1) is 0 Å². The molecule has 0 saturated carbocycles. The Kier molecular flexibility index (Phi) is 8.80. The van der Waals surface area contributed by atoms with E-state index in [4.69, 9.17) is 14.2 Å². The molecular weight excluding hydrogens is 546 g/mol. The molecule has 0 atom stereocenters. The van der Waals surface area contributed by atoms with Gasteiger partial charge in [0.25, 0.3) is 17.7 Å². The molecule has 3 aromatic heterocycles. The van der Waals surface area contributed by atoms with Crippen LogP contribution in [0.15, 0.2) is 36.4 Å². The summed E-state index contributed by atoms with van der Waals surface area (Å²) in [6.07, 6.45) is 0. The Labute approximate surface area is 240 Å². The summed E-state index contributed by atoms with van der Waals surface area (Å²) in [5.41, 5.74) is 1.53. The summed E-state index contributed by atoms with van der Waals surface area (Å²) in [5.74, 6) is -1.42. The SMILES string of the molecule is COc1cc(C)nc(NC(=O)c2cc(C(=O)Nc3nc(C)cc(OC)n3)cc(C(=O)Nc3nc(C)cc(OC)n3)c2)n1. The van der Waals surface area contributed by atoms with Crippen LogP contribution in [0.2, 0.25) is 0 Å². The van der Waals surface area contributed by atoms with Crippen LogP contribution in [0.1, 0.15) is 48.2 Å². The number of hydrogen-bond acceptors (Lipinski definition) is 12. The number of amides is 3. The van der Waals surface area contributed by atoms with E-state index in [1.165, 1.54) is 39.5 Å². The van der Waals surface area contributed by atoms with E-state index in [0.717, 1.165) is 0 Å². The molecule has 0 radical (unpaired) electrons. The number of benzene rings is 1. The molecule has 15 heteroatoms. The van der Waals surface area contributed by atoms with E-state index < -0.39 is 17.7 Å². The van der Waals surface area contributed by atoms with Crippen LogP contribution in [0.3, 0.4) is 0 Å². The summed E-state index contributed by atoms with van der Waals surface area (Å²) in [7, 11) is 4.30. The van der Waals surface area contributed by atoms with Gasteiger partial charge in [0.15, 0.2) is 0 Å². The number of anilines is 3. The average Bonchev–Trinajstić information content (AvgIpc) is 2.95. The third-order valence-corrected chi connectivity index (χ3v) is 5.52. The zero-order chi connectivity index (χ0) is 30.4. The first-order valence-corrected chi connectivity index (χ1v) is 12.3. The van der Waals surface area contributed by atoms with Gasteiger partial charge in [-0.1, -0.05) is 0 Å². The minimum absolute atomic E-state index is 0.0294. The molecule has 0 aliphatic rings. The molecule has 4 rings (SSSR count). The van der Waals surface area contributed by atoms with Crippen LogP contribution in [-0.4, -0.2) is 69.0 Å². The molecule has 3 heterocycles. The topological polar surface area (TPSA) is 192 Å². The molecule has 0 aliphatic heterocycles. The first kappa shape index (κ1) is 29.3. The highest BCUT2D eigenvalue weighted by molar-refractivity contribution is 6.12. The molecule has 42 heavy (non-hydrogen) atoms. The van der Waals surface area contributed by atoms with Gasteiger partial charge >= 0.3 is 0 Å². The van der Waals surface area contributed by atoms with Gasteiger partial charge in [0, 0.05) is 52.0 Å². The Morgan fingerprint density at radius 2 is 0.738 bits per heavy atom. The molecule has 0 bridgehead atoms. The Morgan fingerprint density at radius 1 is 0.476 bits per heavy atom. The number of methoxy groups -OCH3 is 3. The van der Waals surface area contributed by atoms with Crippen LogP contribution in [0.5, 0.6) is 17.6 Å². The molecule has 0 spiro atoms. The zero-order valence-corrected chi connectivity index (χ0v) is 23.6. The molecule has 0 aliphatic carbocycles. The second-order valence-corrected chi connectivity index (χ2v) is 8.79. The first-order valence-electron chi connectivity index (χ1n) is 12.3. The van der Waals surface area contributed by atoms with E-state index in [0.29, 0.717) is 17.1 Å². The van der Waals surface area contributed by atoms with E-state index >= 15 is 0 Å². The monoisotopic (exact) mass is 573 g/mol. The minimum Gasteiger partial charge on any atom is -0.481 e. The van der Waals surface area contributed by atoms with Crippen LogP contribution in [-0.2, 0) is 0 Å². The van der Waals surface area contributed by atoms with Gasteiger partial charge in [-0.25, -0.2) is 15.0 Å². The number of hydrogen-bond donors (Lipinski definition) is 3. The number of nitrogens with zero attached hydrogens (tertiary/aromatic N) is 6. The molecule has 1 aromatic carbocycles. The Hall–Kier alpha value is -5.73. The summed E-state index contributed by atoms with van der Waals surface area (Å²) < 4.78 is 15.4. The lowest BCUT2D eigenvalue weighted by molar-refractivity contribution is 0.102. The van der Waals surface area contributed by atoms with Gasteiger partial charge in [-0.2, -0.15) is 15.0 Å². The number of carbonyl (C=O) groups excluding carboxylic acids is 3. The number of aryl methyl sites for hydroxylation is 3. The van der Waals surface area contributed by atoms with Gasteiger partial charge in [0.05, 0.1) is 21.3 Å². The maximum absolute atomic E-state index is 13.3. The van der Waals surface area contributed by atoms with Crippen molar-refractivity contribution < 1.29 is 28.6 Å². The second-order valence-electron chi connectivity index (χ2n) is 8.79. The molecular formula is C27H27N9O6. The Morgan fingerprint density at radius 3 is 0.976 bits per heavy atom. The number of ether oxygens (including phenoxy) is 3. The first-order chi connectivity index (χ1) is 20.1. The predicted molar refractivity (Wildman–Crippen MR) is 150 cm³/mol. The number of aromatic nitrogens is 6. The van der Waals surface area contributed by atoms with Gasteiger partial charge < -0.3 is 14.2 Å². The predicted octanol–water partition coefficient (Wildman–Crippen LogP) is 2.76. The van der Waals surface area contributed by atoms with Crippen LogP contribution in [0.25, 0.3) is 0 Å². The third-order valence-electron chi connectivity index (χ3n) is 5.52. The second kappa shape index (κ2) is 12.6. The Balaban J connectivity index is 1.70. The van der Waals surface area contributed by atoms with E-state index in [1.54, 1.807) is 39.0 Å². The Bertz CT molecular complexity index is 1470. The van der Waals surface area contributed by atoms with E-state index in [1.807, 2.05) is 0 Å². The summed E-state index contributed by atoms with van der Waals surface area (Å²) in [4.78, 5) is 64.7. The molecule has 3 N–H and O–H groups in total. The maximum Gasteiger partial charge on any atom is 0.258 e. The molecule has 4 aromatic rings. The highest BCUT2D eigenvalue weighted by Crippen LogP contribution is 2.19. The molecule has 0 unspecified atom stereocenters. The minimum atomic E-state index is -0.687. The smallest absolute Gasteiger partial charge is 0.258 e. The van der Waals surface area contributed by atoms with Gasteiger partial charge in [-0.3, -0.25) is 30.3 Å². The van der Waals surface area contributed by atoms with Gasteiger partial charge in [0.2, 0.25) is 35.5 Å². The lowest BCUT2D eigenvalue weighted by Crippen LogP contribution is -2.21. The molecule has 0 fully saturated rings. The van der Waals surface area contributed by atoms with Crippen molar-refractivity contribution in [3.8, 4) is 17.6 Å². The molecule has 0 saturated heterocycles. The summed E-state index contributed by atoms with van der Waals surface area (Å²) in [5, 5.41) is 7.69. The highest BCUT2D eigenvalue weighted by Gasteiger charge is 2.20. The van der Waals surface area contributed by atoms with Crippen LogP contribution in [0, 0.1) is 20.8 Å². The molecule has 3 amide bonds. The van der Waals surface area contributed by atoms with Gasteiger partial charge in [-0.05, 0) is 39.0 Å². The van der Waals surface area contributed by atoms with Crippen molar-refractivity contribution in [3.63, 3.8) is 0 Å². The number of rotatable bonds is 9. The normalized spacial score (nSPS) is 10.4. The lowest BCUT2D eigenvalue weighted by atomic mass is 10.0. The fraction of sp³-hybridized carbons (Fsp3) is 0.222. The van der Waals surface area contributed by atoms with Crippen LogP contribution >= 0.6 is 0 Å². The van der Waals surface area contributed by atoms with Crippen LogP contribution < -0.4 is 30.2 Å². The van der Waals surface area contributed by atoms with Crippen molar-refractivity contribution in [2.75, 3.05) is 37.3 Å². The fourth-order valence-electron chi connectivity index (χ4n) is 3.64. The third kappa shape index (κ3) is 7.26. The summed E-state index contributed by atoms with van der Waals surface area (Å²) in [6, 6.07) is 8.67. The fourth-order valence-corrected chi connectivity index (χ4v) is 3.64. The largest absolute Gasteiger partial charge is 0.481 e. The van der Waals surface area contributed by atoms with Crippen molar-refractivity contribution in [1.82, 2.24) is 29.9 Å². The lowest BCUT2D eigenvalue weighted by Gasteiger charge is -2.12. The van der Waals surface area contributed by atoms with E-state index in [2.05, 4.69) is 45.9 Å². The number of nitrogens with one attached hydrogen (secondary N) is 3. The average molecular weight is 574 g/mol. The summed E-state index contributed by atoms with van der Waals surface area (Å²) >= 11 is 0. The maximum atomic E-state index is 13.3. The van der Waals surface area contributed by atoms with Gasteiger partial charge in [0.1, 0.15) is 0 Å². The van der Waals surface area contributed by atoms with Crippen LogP contribution in [0.4, 0.5) is 17.8 Å².